The van der Waals surface area contributed by atoms with Gasteiger partial charge in [0.1, 0.15) is 5.69 Å². The lowest BCUT2D eigenvalue weighted by Gasteiger charge is -2.23. The summed E-state index contributed by atoms with van der Waals surface area (Å²) in [7, 11) is -6.00. The molecule has 2 aromatic heterocycles. The number of benzene rings is 1. The molecule has 5 rings (SSSR count). The number of aromatic nitrogens is 3. The molecule has 1 aliphatic carbocycles. The number of pyridine rings is 1. The monoisotopic (exact) mass is 467 g/mol. The van der Waals surface area contributed by atoms with Gasteiger partial charge in [0.2, 0.25) is 35.3 Å². The van der Waals surface area contributed by atoms with Crippen molar-refractivity contribution in [3.8, 4) is 5.69 Å². The third kappa shape index (κ3) is 3.83. The van der Waals surface area contributed by atoms with Crippen molar-refractivity contribution in [1.29, 1.82) is 0 Å². The van der Waals surface area contributed by atoms with Crippen LogP contribution in [0.5, 0.6) is 0 Å². The van der Waals surface area contributed by atoms with E-state index in [4.69, 9.17) is 4.74 Å². The Bertz CT molecular complexity index is 1160. The van der Waals surface area contributed by atoms with Gasteiger partial charge in [0.25, 0.3) is 0 Å². The van der Waals surface area contributed by atoms with E-state index in [-0.39, 0.29) is 18.6 Å². The molecule has 0 fully saturated rings. The highest BCUT2D eigenvalue weighted by atomic mass is 19.5. The van der Waals surface area contributed by atoms with E-state index in [2.05, 4.69) is 10.1 Å². The molecule has 0 bridgehead atoms. The Balaban J connectivity index is 0.000000444. The van der Waals surface area contributed by atoms with Crippen LogP contribution in [0.3, 0.4) is 0 Å². The Morgan fingerprint density at radius 2 is 1.56 bits per heavy atom. The van der Waals surface area contributed by atoms with E-state index in [1.807, 2.05) is 12.1 Å². The zero-order chi connectivity index (χ0) is 23.4. The lowest BCUT2D eigenvalue weighted by Crippen LogP contribution is -2.36. The molecule has 0 saturated carbocycles. The maximum absolute atomic E-state index is 14.2. The van der Waals surface area contributed by atoms with Gasteiger partial charge in [0.15, 0.2) is 0 Å². The van der Waals surface area contributed by atoms with Crippen LogP contribution >= 0.6 is 0 Å². The van der Waals surface area contributed by atoms with E-state index >= 15 is 0 Å². The van der Waals surface area contributed by atoms with Crippen LogP contribution in [0.15, 0.2) is 24.5 Å². The van der Waals surface area contributed by atoms with Crippen LogP contribution in [0.2, 0.25) is 0 Å². The second-order valence-corrected chi connectivity index (χ2v) is 7.04. The molecule has 0 spiro atoms. The fraction of sp³-hybridized carbons (Fsp3) is 0.222. The van der Waals surface area contributed by atoms with Crippen LogP contribution in [0.25, 0.3) is 5.69 Å². The highest BCUT2D eigenvalue weighted by Gasteiger charge is 2.44. The molecule has 1 aromatic carbocycles. The quantitative estimate of drug-likeness (QED) is 0.191. The summed E-state index contributed by atoms with van der Waals surface area (Å²) < 4.78 is 114. The van der Waals surface area contributed by atoms with E-state index in [9.17, 15) is 39.2 Å². The molecule has 0 saturated heterocycles. The minimum absolute atomic E-state index is 0.132. The molecule has 0 amide bonds. The fourth-order valence-electron chi connectivity index (χ4n) is 3.88. The first kappa shape index (κ1) is 22.2. The summed E-state index contributed by atoms with van der Waals surface area (Å²) >= 11 is 0. The van der Waals surface area contributed by atoms with Crippen molar-refractivity contribution in [2.45, 2.75) is 25.0 Å². The van der Waals surface area contributed by atoms with E-state index in [0.29, 0.717) is 17.7 Å². The molecule has 2 unspecified atom stereocenters. The summed E-state index contributed by atoms with van der Waals surface area (Å²) in [5.74, 6) is -10.3. The number of rotatable bonds is 1. The van der Waals surface area contributed by atoms with E-state index < -0.39 is 42.0 Å². The minimum Gasteiger partial charge on any atom is -0.418 e. The molecule has 0 radical (unpaired) electrons. The second kappa shape index (κ2) is 7.83. The van der Waals surface area contributed by atoms with E-state index in [1.54, 1.807) is 6.20 Å². The van der Waals surface area contributed by atoms with Crippen LogP contribution in [0, 0.1) is 29.1 Å². The number of H-pyrrole nitrogens is 1. The van der Waals surface area contributed by atoms with Crippen molar-refractivity contribution in [2.24, 2.45) is 0 Å². The number of nitrogens with one attached hydrogen (secondary N) is 1. The normalized spacial score (nSPS) is 19.0. The molecule has 32 heavy (non-hydrogen) atoms. The number of ether oxygens (including phenoxy) is 1. The minimum atomic E-state index is -6.00. The van der Waals surface area contributed by atoms with Gasteiger partial charge in [0, 0.05) is 12.6 Å². The average molecular weight is 467 g/mol. The Morgan fingerprint density at radius 3 is 2.19 bits per heavy atom. The number of aromatic amines is 1. The highest BCUT2D eigenvalue weighted by molar-refractivity contribution is 6.50. The van der Waals surface area contributed by atoms with Crippen molar-refractivity contribution in [2.75, 3.05) is 0 Å². The second-order valence-electron chi connectivity index (χ2n) is 7.04. The fourth-order valence-corrected chi connectivity index (χ4v) is 3.88. The molecule has 2 atom stereocenters. The van der Waals surface area contributed by atoms with Crippen molar-refractivity contribution in [3.63, 3.8) is 0 Å². The Kier molecular flexibility index (Phi) is 5.43. The van der Waals surface area contributed by atoms with Gasteiger partial charge >= 0.3 is 12.9 Å². The zero-order valence-electron chi connectivity index (χ0n) is 15.7. The Labute approximate surface area is 173 Å². The third-order valence-corrected chi connectivity index (χ3v) is 5.09. The SMILES string of the molecule is F[B-](F)(F)F.Fc1c(F)c(F)c(-[n+]2cc3c([nH]2)COC2Cc4cccnc4C32)c(F)c1F. The first-order valence-corrected chi connectivity index (χ1v) is 9.05. The van der Waals surface area contributed by atoms with Crippen molar-refractivity contribution < 1.29 is 48.6 Å². The standard InChI is InChI=1S/C18H10F5N3O.BF4/c19-12-13(20)15(22)18(16(23)14(12)21)26-5-8-9(25-26)6-27-10-4-7-2-1-3-24-17(7)11(8)10;2-1(3,4)5/h1-3,5,10-11H,4,6H2;/q;-1/p+1. The first-order chi connectivity index (χ1) is 15.0. The van der Waals surface area contributed by atoms with Gasteiger partial charge in [-0.2, -0.15) is 13.9 Å². The van der Waals surface area contributed by atoms with Crippen LogP contribution in [-0.4, -0.2) is 23.4 Å². The number of halogens is 9. The smallest absolute Gasteiger partial charge is 0.418 e. The van der Waals surface area contributed by atoms with Gasteiger partial charge in [-0.1, -0.05) is 10.7 Å². The van der Waals surface area contributed by atoms with Gasteiger partial charge < -0.3 is 22.0 Å². The summed E-state index contributed by atoms with van der Waals surface area (Å²) in [6, 6.07) is 3.73. The van der Waals surface area contributed by atoms with Crippen molar-refractivity contribution >= 4 is 7.25 Å². The number of hydrogen-bond donors (Lipinski definition) is 1. The topological polar surface area (TPSA) is 41.8 Å². The van der Waals surface area contributed by atoms with E-state index in [0.717, 1.165) is 15.9 Å². The molecule has 1 aliphatic heterocycles. The third-order valence-electron chi connectivity index (χ3n) is 5.09. The number of fused-ring (bicyclic) bond motifs is 5. The molecule has 2 aliphatic rings. The molecule has 170 valence electrons. The van der Waals surface area contributed by atoms with Crippen LogP contribution < -0.4 is 4.68 Å². The summed E-state index contributed by atoms with van der Waals surface area (Å²) in [5, 5.41) is 2.68. The van der Waals surface area contributed by atoms with Crippen LogP contribution in [0.1, 0.15) is 28.4 Å². The maximum Gasteiger partial charge on any atom is 0.673 e. The molecule has 14 heteroatoms. The van der Waals surface area contributed by atoms with Crippen LogP contribution in [-0.2, 0) is 17.8 Å². The molecule has 3 heterocycles. The summed E-state index contributed by atoms with van der Waals surface area (Å²) in [5.41, 5.74) is 1.89. The van der Waals surface area contributed by atoms with E-state index in [1.165, 1.54) is 6.20 Å². The van der Waals surface area contributed by atoms with Gasteiger partial charge in [-0.05, 0) is 11.6 Å². The summed E-state index contributed by atoms with van der Waals surface area (Å²) in [6.07, 6.45) is 3.43. The zero-order valence-corrected chi connectivity index (χ0v) is 15.7. The van der Waals surface area contributed by atoms with Crippen molar-refractivity contribution in [1.82, 2.24) is 10.1 Å². The Morgan fingerprint density at radius 1 is 0.969 bits per heavy atom. The summed E-state index contributed by atoms with van der Waals surface area (Å²) in [4.78, 5) is 4.38. The largest absolute Gasteiger partial charge is 0.673 e. The summed E-state index contributed by atoms with van der Waals surface area (Å²) in [6.45, 7) is 0.132. The lowest BCUT2D eigenvalue weighted by molar-refractivity contribution is -0.659. The van der Waals surface area contributed by atoms with Crippen LogP contribution in [0.4, 0.5) is 39.2 Å². The number of nitrogens with zero attached hydrogens (tertiary/aromatic N) is 2. The average Bonchev–Trinajstić information content (AvgIpc) is 3.30. The molecule has 4 nitrogen and oxygen atoms in total. The maximum atomic E-state index is 14.2. The van der Waals surface area contributed by atoms with Gasteiger partial charge in [-0.15, -0.1) is 0 Å². The molecule has 3 aromatic rings. The Hall–Kier alpha value is -3.03. The first-order valence-electron chi connectivity index (χ1n) is 9.05. The predicted octanol–water partition coefficient (Wildman–Crippen LogP) is 4.27. The van der Waals surface area contributed by atoms with Crippen molar-refractivity contribution in [3.05, 3.63) is 76.1 Å². The van der Waals surface area contributed by atoms with Gasteiger partial charge in [0.05, 0.1) is 29.9 Å². The lowest BCUT2D eigenvalue weighted by atomic mass is 9.93. The predicted molar refractivity (Wildman–Crippen MR) is 90.7 cm³/mol. The number of hydrogen-bond acceptors (Lipinski definition) is 2. The molecule has 1 N–H and O–H groups in total. The highest BCUT2D eigenvalue weighted by Crippen LogP contribution is 2.42. The molecular formula is C18H11BF9N3O. The molecular weight excluding hydrogens is 456 g/mol. The van der Waals surface area contributed by atoms with Gasteiger partial charge in [-0.25, -0.2) is 13.2 Å². The van der Waals surface area contributed by atoms with Gasteiger partial charge in [-0.3, -0.25) is 4.98 Å².